The molecule has 2 fully saturated rings. The van der Waals surface area contributed by atoms with Crippen LogP contribution in [0.5, 0.6) is 0 Å². The Morgan fingerprint density at radius 1 is 1.06 bits per heavy atom. The number of nitrogens with two attached hydrogens (primary N) is 1. The van der Waals surface area contributed by atoms with Gasteiger partial charge in [-0.25, -0.2) is 0 Å². The van der Waals surface area contributed by atoms with Crippen LogP contribution in [0.15, 0.2) is 0 Å². The normalized spacial score (nSPS) is 33.8. The molecule has 2 N–H and O–H groups in total. The van der Waals surface area contributed by atoms with Crippen molar-refractivity contribution in [1.82, 2.24) is 4.90 Å². The Labute approximate surface area is 113 Å². The van der Waals surface area contributed by atoms with E-state index in [1.807, 2.05) is 0 Å². The van der Waals surface area contributed by atoms with E-state index in [2.05, 4.69) is 32.6 Å². The molecule has 1 aliphatic carbocycles. The largest absolute Gasteiger partial charge is 0.327 e. The molecule has 2 rings (SSSR count). The van der Waals surface area contributed by atoms with Crippen LogP contribution in [0, 0.1) is 17.3 Å². The van der Waals surface area contributed by atoms with Crippen LogP contribution in [-0.4, -0.2) is 30.1 Å². The number of piperidine rings is 1. The molecule has 18 heavy (non-hydrogen) atoms. The van der Waals surface area contributed by atoms with Crippen molar-refractivity contribution in [2.45, 2.75) is 71.9 Å². The van der Waals surface area contributed by atoms with Gasteiger partial charge in [0.2, 0.25) is 0 Å². The number of hydrogen-bond donors (Lipinski definition) is 1. The van der Waals surface area contributed by atoms with Gasteiger partial charge in [0.1, 0.15) is 0 Å². The molecule has 4 unspecified atom stereocenters. The average molecular weight is 252 g/mol. The highest BCUT2D eigenvalue weighted by Gasteiger charge is 2.39. The summed E-state index contributed by atoms with van der Waals surface area (Å²) in [6, 6.07) is 0.797. The van der Waals surface area contributed by atoms with Gasteiger partial charge in [0.15, 0.2) is 0 Å². The number of nitrogens with zero attached hydrogens (tertiary/aromatic N) is 1. The number of rotatable bonds is 2. The minimum Gasteiger partial charge on any atom is -0.327 e. The molecule has 2 heteroatoms. The summed E-state index contributed by atoms with van der Waals surface area (Å²) in [6.07, 6.45) is 7.27. The van der Waals surface area contributed by atoms with Crippen molar-refractivity contribution in [3.05, 3.63) is 0 Å². The van der Waals surface area contributed by atoms with Crippen LogP contribution in [-0.2, 0) is 0 Å². The molecular weight excluding hydrogens is 220 g/mol. The Bertz CT molecular complexity index is 267. The summed E-state index contributed by atoms with van der Waals surface area (Å²) in [5, 5.41) is 0. The number of hydrogen-bond acceptors (Lipinski definition) is 2. The lowest BCUT2D eigenvalue weighted by atomic mass is 9.73. The zero-order valence-corrected chi connectivity index (χ0v) is 12.8. The molecule has 2 aliphatic rings. The van der Waals surface area contributed by atoms with E-state index >= 15 is 0 Å². The zero-order valence-electron chi connectivity index (χ0n) is 12.8. The van der Waals surface area contributed by atoms with E-state index in [-0.39, 0.29) is 11.5 Å². The second-order valence-electron chi connectivity index (χ2n) is 7.76. The van der Waals surface area contributed by atoms with Crippen LogP contribution >= 0.6 is 0 Å². The zero-order chi connectivity index (χ0) is 13.3. The van der Waals surface area contributed by atoms with E-state index in [9.17, 15) is 0 Å². The fourth-order valence-electron chi connectivity index (χ4n) is 4.55. The quantitative estimate of drug-likeness (QED) is 0.817. The summed E-state index contributed by atoms with van der Waals surface area (Å²) in [6.45, 7) is 11.8. The minimum absolute atomic E-state index is 0.269. The van der Waals surface area contributed by atoms with Gasteiger partial charge >= 0.3 is 0 Å². The molecule has 1 saturated heterocycles. The van der Waals surface area contributed by atoms with Gasteiger partial charge in [0.05, 0.1) is 0 Å². The van der Waals surface area contributed by atoms with Gasteiger partial charge in [-0.3, -0.25) is 4.90 Å². The molecule has 0 spiro atoms. The molecule has 0 aromatic carbocycles. The highest BCUT2D eigenvalue weighted by molar-refractivity contribution is 4.93. The van der Waals surface area contributed by atoms with Crippen molar-refractivity contribution in [2.75, 3.05) is 13.1 Å². The smallest absolute Gasteiger partial charge is 0.0293 e. The maximum atomic E-state index is 6.28. The Morgan fingerprint density at radius 3 is 2.22 bits per heavy atom. The first kappa shape index (κ1) is 14.3. The fourth-order valence-corrected chi connectivity index (χ4v) is 4.55. The van der Waals surface area contributed by atoms with Crippen LogP contribution in [0.1, 0.15) is 59.8 Å². The highest BCUT2D eigenvalue weighted by atomic mass is 15.2. The van der Waals surface area contributed by atoms with Crippen molar-refractivity contribution in [3.63, 3.8) is 0 Å². The predicted octanol–water partition coefficient (Wildman–Crippen LogP) is 3.26. The maximum Gasteiger partial charge on any atom is 0.0293 e. The first-order valence-corrected chi connectivity index (χ1v) is 7.89. The third-order valence-electron chi connectivity index (χ3n) is 5.10. The molecular formula is C16H32N2. The SMILES string of the molecule is CC(N)C(N1CCC2CCCCC2C1)C(C)(C)C. The van der Waals surface area contributed by atoms with E-state index in [1.165, 1.54) is 45.2 Å². The summed E-state index contributed by atoms with van der Waals surface area (Å²) < 4.78 is 0. The van der Waals surface area contributed by atoms with Gasteiger partial charge in [-0.2, -0.15) is 0 Å². The van der Waals surface area contributed by atoms with Gasteiger partial charge in [-0.05, 0) is 43.6 Å². The molecule has 106 valence electrons. The van der Waals surface area contributed by atoms with Crippen molar-refractivity contribution in [2.24, 2.45) is 23.0 Å². The Balaban J connectivity index is 2.04. The first-order valence-electron chi connectivity index (χ1n) is 7.89. The Morgan fingerprint density at radius 2 is 1.67 bits per heavy atom. The second-order valence-corrected chi connectivity index (χ2v) is 7.76. The van der Waals surface area contributed by atoms with Gasteiger partial charge in [0.25, 0.3) is 0 Å². The summed E-state index contributed by atoms with van der Waals surface area (Å²) in [4.78, 5) is 2.71. The topological polar surface area (TPSA) is 29.3 Å². The Kier molecular flexibility index (Phi) is 4.38. The van der Waals surface area contributed by atoms with Crippen molar-refractivity contribution in [3.8, 4) is 0 Å². The van der Waals surface area contributed by atoms with Gasteiger partial charge in [0, 0.05) is 18.6 Å². The molecule has 1 heterocycles. The highest BCUT2D eigenvalue weighted by Crippen LogP contribution is 2.38. The third-order valence-corrected chi connectivity index (χ3v) is 5.10. The standard InChI is InChI=1S/C16H32N2/c1-12(17)15(16(2,3)4)18-10-9-13-7-5-6-8-14(13)11-18/h12-15H,5-11,17H2,1-4H3. The predicted molar refractivity (Wildman–Crippen MR) is 78.5 cm³/mol. The van der Waals surface area contributed by atoms with E-state index in [0.717, 1.165) is 11.8 Å². The van der Waals surface area contributed by atoms with E-state index < -0.39 is 0 Å². The maximum absolute atomic E-state index is 6.28. The molecule has 0 aromatic heterocycles. The number of fused-ring (bicyclic) bond motifs is 1. The summed E-state index contributed by atoms with van der Waals surface area (Å²) in [5.74, 6) is 1.97. The van der Waals surface area contributed by atoms with Crippen molar-refractivity contribution < 1.29 is 0 Å². The van der Waals surface area contributed by atoms with Crippen LogP contribution in [0.3, 0.4) is 0 Å². The van der Waals surface area contributed by atoms with Crippen LogP contribution in [0.25, 0.3) is 0 Å². The van der Waals surface area contributed by atoms with Crippen LogP contribution in [0.2, 0.25) is 0 Å². The lowest BCUT2D eigenvalue weighted by Crippen LogP contribution is -2.57. The molecule has 4 atom stereocenters. The lowest BCUT2D eigenvalue weighted by molar-refractivity contribution is 0.00873. The number of likely N-dealkylation sites (tertiary alicyclic amines) is 1. The summed E-state index contributed by atoms with van der Waals surface area (Å²) in [7, 11) is 0. The molecule has 0 radical (unpaired) electrons. The van der Waals surface area contributed by atoms with E-state index in [0.29, 0.717) is 6.04 Å². The monoisotopic (exact) mass is 252 g/mol. The lowest BCUT2D eigenvalue weighted by Gasteiger charge is -2.49. The van der Waals surface area contributed by atoms with Gasteiger partial charge in [-0.1, -0.05) is 40.0 Å². The molecule has 1 aliphatic heterocycles. The van der Waals surface area contributed by atoms with Crippen LogP contribution < -0.4 is 5.73 Å². The summed E-state index contributed by atoms with van der Waals surface area (Å²) in [5.41, 5.74) is 6.57. The Hall–Kier alpha value is -0.0800. The van der Waals surface area contributed by atoms with Crippen LogP contribution in [0.4, 0.5) is 0 Å². The van der Waals surface area contributed by atoms with Gasteiger partial charge in [-0.15, -0.1) is 0 Å². The molecule has 1 saturated carbocycles. The molecule has 0 bridgehead atoms. The fraction of sp³-hybridized carbons (Fsp3) is 1.00. The first-order chi connectivity index (χ1) is 8.39. The van der Waals surface area contributed by atoms with E-state index in [1.54, 1.807) is 0 Å². The third kappa shape index (κ3) is 3.08. The van der Waals surface area contributed by atoms with Crippen molar-refractivity contribution in [1.29, 1.82) is 0 Å². The van der Waals surface area contributed by atoms with Gasteiger partial charge < -0.3 is 5.73 Å². The van der Waals surface area contributed by atoms with Crippen molar-refractivity contribution >= 4 is 0 Å². The molecule has 0 amide bonds. The summed E-state index contributed by atoms with van der Waals surface area (Å²) >= 11 is 0. The average Bonchev–Trinajstić information content (AvgIpc) is 2.26. The minimum atomic E-state index is 0.269. The molecule has 0 aromatic rings. The second kappa shape index (κ2) is 5.50. The van der Waals surface area contributed by atoms with E-state index in [4.69, 9.17) is 5.73 Å². The molecule has 2 nitrogen and oxygen atoms in total.